The number of nitrogens with one attached hydrogen (secondary N) is 2. The third-order valence-electron chi connectivity index (χ3n) is 5.33. The fraction of sp³-hybridized carbons (Fsp3) is 0.526. The van der Waals surface area contributed by atoms with Gasteiger partial charge in [0.25, 0.3) is 0 Å². The van der Waals surface area contributed by atoms with Crippen LogP contribution in [0.15, 0.2) is 22.6 Å². The number of carbonyl (C=O) groups is 1. The molecule has 0 radical (unpaired) electrons. The third kappa shape index (κ3) is 3.77. The number of hydrogen-bond acceptors (Lipinski definition) is 5. The molecule has 2 aliphatic rings. The first kappa shape index (κ1) is 17.1. The minimum absolute atomic E-state index is 0.0155. The van der Waals surface area contributed by atoms with Crippen LogP contribution in [0.2, 0.25) is 0 Å². The summed E-state index contributed by atoms with van der Waals surface area (Å²) in [4.78, 5) is 11.9. The first-order valence-corrected chi connectivity index (χ1v) is 9.21. The van der Waals surface area contributed by atoms with Crippen molar-refractivity contribution in [2.75, 3.05) is 5.32 Å². The number of benzene rings is 1. The van der Waals surface area contributed by atoms with Crippen molar-refractivity contribution in [3.05, 3.63) is 41.4 Å². The fourth-order valence-corrected chi connectivity index (χ4v) is 4.12. The maximum absolute atomic E-state index is 13.8. The van der Waals surface area contributed by atoms with Crippen LogP contribution in [0.3, 0.4) is 0 Å². The standard InChI is InChI=1S/C19H23FN4O2/c1-11-23-24-19(26-11)9-12-2-4-14(8-12)21-16-6-7-18(25)22-17-5-3-13(20)10-15(16)17/h3,5,10,12,14,16,21H,2,4,6-9H2,1H3,(H,22,25)/t12-,14+,16?/m1/s1. The molecule has 7 heteroatoms. The Balaban J connectivity index is 1.42. The molecule has 1 aromatic heterocycles. The maximum atomic E-state index is 13.8. The van der Waals surface area contributed by atoms with E-state index in [1.165, 1.54) is 12.1 Å². The maximum Gasteiger partial charge on any atom is 0.224 e. The number of nitrogens with zero attached hydrogens (tertiary/aromatic N) is 2. The van der Waals surface area contributed by atoms with E-state index < -0.39 is 0 Å². The van der Waals surface area contributed by atoms with E-state index in [-0.39, 0.29) is 17.8 Å². The average molecular weight is 358 g/mol. The van der Waals surface area contributed by atoms with E-state index in [1.54, 1.807) is 13.0 Å². The van der Waals surface area contributed by atoms with Crippen molar-refractivity contribution in [1.29, 1.82) is 0 Å². The van der Waals surface area contributed by atoms with Crippen molar-refractivity contribution < 1.29 is 13.6 Å². The molecule has 6 nitrogen and oxygen atoms in total. The van der Waals surface area contributed by atoms with Gasteiger partial charge in [0.15, 0.2) is 0 Å². The number of aryl methyl sites for hydroxylation is 1. The van der Waals surface area contributed by atoms with Gasteiger partial charge in [0.2, 0.25) is 17.7 Å². The van der Waals surface area contributed by atoms with Crippen molar-refractivity contribution in [3.63, 3.8) is 0 Å². The van der Waals surface area contributed by atoms with E-state index in [0.717, 1.165) is 31.2 Å². The number of amides is 1. The Morgan fingerprint density at radius 1 is 1.31 bits per heavy atom. The van der Waals surface area contributed by atoms with Crippen molar-refractivity contribution >= 4 is 11.6 Å². The van der Waals surface area contributed by atoms with Crippen LogP contribution in [-0.2, 0) is 11.2 Å². The largest absolute Gasteiger partial charge is 0.426 e. The van der Waals surface area contributed by atoms with Gasteiger partial charge in [0.05, 0.1) is 0 Å². The molecule has 1 unspecified atom stereocenters. The summed E-state index contributed by atoms with van der Waals surface area (Å²) in [5.41, 5.74) is 1.55. The summed E-state index contributed by atoms with van der Waals surface area (Å²) in [6.45, 7) is 1.80. The molecule has 1 aliphatic carbocycles. The predicted octanol–water partition coefficient (Wildman–Crippen LogP) is 3.29. The van der Waals surface area contributed by atoms with Crippen molar-refractivity contribution in [2.45, 2.75) is 57.5 Å². The number of aromatic nitrogens is 2. The Bertz CT molecular complexity index is 807. The first-order valence-electron chi connectivity index (χ1n) is 9.21. The molecule has 0 saturated heterocycles. The number of rotatable bonds is 4. The number of carbonyl (C=O) groups excluding carboxylic acids is 1. The molecule has 1 aromatic carbocycles. The van der Waals surface area contributed by atoms with Crippen molar-refractivity contribution in [2.24, 2.45) is 5.92 Å². The molecule has 0 spiro atoms. The Labute approximate surface area is 151 Å². The summed E-state index contributed by atoms with van der Waals surface area (Å²) in [5.74, 6) is 1.51. The smallest absolute Gasteiger partial charge is 0.224 e. The molecule has 1 amide bonds. The highest BCUT2D eigenvalue weighted by Gasteiger charge is 2.30. The first-order chi connectivity index (χ1) is 12.6. The van der Waals surface area contributed by atoms with Crippen LogP contribution in [0.1, 0.15) is 55.5 Å². The van der Waals surface area contributed by atoms with Crippen LogP contribution >= 0.6 is 0 Å². The van der Waals surface area contributed by atoms with E-state index in [4.69, 9.17) is 4.42 Å². The van der Waals surface area contributed by atoms with Gasteiger partial charge in [-0.25, -0.2) is 4.39 Å². The molecule has 0 bridgehead atoms. The molecule has 1 aliphatic heterocycles. The second-order valence-corrected chi connectivity index (χ2v) is 7.33. The van der Waals surface area contributed by atoms with Crippen molar-refractivity contribution in [1.82, 2.24) is 15.5 Å². The summed E-state index contributed by atoms with van der Waals surface area (Å²) >= 11 is 0. The van der Waals surface area contributed by atoms with Crippen LogP contribution in [0.5, 0.6) is 0 Å². The second kappa shape index (κ2) is 7.15. The van der Waals surface area contributed by atoms with Crippen LogP contribution in [0.25, 0.3) is 0 Å². The van der Waals surface area contributed by atoms with Crippen LogP contribution in [0.4, 0.5) is 10.1 Å². The Morgan fingerprint density at radius 3 is 3.00 bits per heavy atom. The quantitative estimate of drug-likeness (QED) is 0.877. The molecule has 4 rings (SSSR count). The highest BCUT2D eigenvalue weighted by atomic mass is 19.1. The average Bonchev–Trinajstić information content (AvgIpc) is 3.18. The van der Waals surface area contributed by atoms with Gasteiger partial charge >= 0.3 is 0 Å². The lowest BCUT2D eigenvalue weighted by atomic mass is 9.99. The van der Waals surface area contributed by atoms with E-state index in [1.807, 2.05) is 0 Å². The minimum Gasteiger partial charge on any atom is -0.426 e. The van der Waals surface area contributed by atoms with Crippen molar-refractivity contribution in [3.8, 4) is 0 Å². The molecule has 2 aromatic rings. The monoisotopic (exact) mass is 358 g/mol. The van der Waals surface area contributed by atoms with Gasteiger partial charge in [0.1, 0.15) is 5.82 Å². The van der Waals surface area contributed by atoms with E-state index in [2.05, 4.69) is 20.8 Å². The molecule has 1 fully saturated rings. The normalized spacial score (nSPS) is 25.6. The fourth-order valence-electron chi connectivity index (χ4n) is 4.12. The van der Waals surface area contributed by atoms with Crippen LogP contribution in [0, 0.1) is 18.7 Å². The number of hydrogen-bond donors (Lipinski definition) is 2. The zero-order chi connectivity index (χ0) is 18.1. The summed E-state index contributed by atoms with van der Waals surface area (Å²) in [7, 11) is 0. The summed E-state index contributed by atoms with van der Waals surface area (Å²) in [5, 5.41) is 14.5. The molecule has 138 valence electrons. The molecule has 1 saturated carbocycles. The highest BCUT2D eigenvalue weighted by Crippen LogP contribution is 2.34. The SMILES string of the molecule is Cc1nnc(C[C@@H]2CC[C@H](NC3CCC(=O)Nc4ccc(F)cc43)C2)o1. The third-order valence-corrected chi connectivity index (χ3v) is 5.33. The van der Waals surface area contributed by atoms with Gasteiger partial charge in [-0.2, -0.15) is 0 Å². The van der Waals surface area contributed by atoms with Gasteiger partial charge in [-0.1, -0.05) is 0 Å². The lowest BCUT2D eigenvalue weighted by Crippen LogP contribution is -2.31. The number of halogens is 1. The minimum atomic E-state index is -0.275. The number of fused-ring (bicyclic) bond motifs is 1. The van der Waals surface area contributed by atoms with Crippen LogP contribution in [-0.4, -0.2) is 22.1 Å². The summed E-state index contributed by atoms with van der Waals surface area (Å²) in [6, 6.07) is 4.90. The molecular formula is C19H23FN4O2. The molecule has 3 atom stereocenters. The Kier molecular flexibility index (Phi) is 4.72. The van der Waals surface area contributed by atoms with Gasteiger partial charge in [-0.15, -0.1) is 10.2 Å². The summed E-state index contributed by atoms with van der Waals surface area (Å²) < 4.78 is 19.2. The van der Waals surface area contributed by atoms with Gasteiger partial charge in [-0.05, 0) is 55.4 Å². The lowest BCUT2D eigenvalue weighted by Gasteiger charge is -2.23. The molecular weight excluding hydrogens is 335 g/mol. The van der Waals surface area contributed by atoms with E-state index >= 15 is 0 Å². The van der Waals surface area contributed by atoms with Gasteiger partial charge in [0, 0.05) is 37.5 Å². The highest BCUT2D eigenvalue weighted by molar-refractivity contribution is 5.92. The Hall–Kier alpha value is -2.28. The second-order valence-electron chi connectivity index (χ2n) is 7.33. The van der Waals surface area contributed by atoms with Gasteiger partial charge < -0.3 is 15.1 Å². The summed E-state index contributed by atoms with van der Waals surface area (Å²) in [6.07, 6.45) is 5.08. The Morgan fingerprint density at radius 2 is 2.19 bits per heavy atom. The van der Waals surface area contributed by atoms with Gasteiger partial charge in [-0.3, -0.25) is 4.79 Å². The zero-order valence-electron chi connectivity index (χ0n) is 14.8. The lowest BCUT2D eigenvalue weighted by molar-refractivity contribution is -0.116. The van der Waals surface area contributed by atoms with E-state index in [9.17, 15) is 9.18 Å². The van der Waals surface area contributed by atoms with E-state index in [0.29, 0.717) is 42.3 Å². The number of anilines is 1. The molecule has 26 heavy (non-hydrogen) atoms. The zero-order valence-corrected chi connectivity index (χ0v) is 14.8. The molecule has 2 N–H and O–H groups in total. The topological polar surface area (TPSA) is 80.0 Å². The molecule has 2 heterocycles. The predicted molar refractivity (Wildman–Crippen MR) is 94.0 cm³/mol. The van der Waals surface area contributed by atoms with Crippen LogP contribution < -0.4 is 10.6 Å².